The molecule has 0 radical (unpaired) electrons. The van der Waals surface area contributed by atoms with Gasteiger partial charge in [0, 0.05) is 12.3 Å². The highest BCUT2D eigenvalue weighted by atomic mass is 16.5. The number of hydrogen-bond donors (Lipinski definition) is 0. The summed E-state index contributed by atoms with van der Waals surface area (Å²) in [6.45, 7) is 4.20. The standard InChI is InChI=1S/C15H20O2/c1-5-6-7-12(2)10-13-8-9-14(16-3)15(11-13)17-4/h8-9,11-12H,5,10H2,1-4H3. The zero-order chi connectivity index (χ0) is 12.7. The fourth-order valence-electron chi connectivity index (χ4n) is 1.69. The summed E-state index contributed by atoms with van der Waals surface area (Å²) in [7, 11) is 3.30. The Bertz CT molecular complexity index is 413. The van der Waals surface area contributed by atoms with Gasteiger partial charge in [-0.25, -0.2) is 0 Å². The maximum atomic E-state index is 5.28. The van der Waals surface area contributed by atoms with E-state index in [1.807, 2.05) is 12.1 Å². The monoisotopic (exact) mass is 232 g/mol. The zero-order valence-corrected chi connectivity index (χ0v) is 11.0. The summed E-state index contributed by atoms with van der Waals surface area (Å²) < 4.78 is 10.5. The Kier molecular flexibility index (Phi) is 5.42. The second-order valence-electron chi connectivity index (χ2n) is 3.97. The van der Waals surface area contributed by atoms with Gasteiger partial charge >= 0.3 is 0 Å². The molecule has 92 valence electrons. The first-order chi connectivity index (χ1) is 8.21. The van der Waals surface area contributed by atoms with Crippen molar-refractivity contribution in [2.24, 2.45) is 5.92 Å². The lowest BCUT2D eigenvalue weighted by Gasteiger charge is -2.10. The Morgan fingerprint density at radius 2 is 1.88 bits per heavy atom. The van der Waals surface area contributed by atoms with E-state index in [0.29, 0.717) is 5.92 Å². The lowest BCUT2D eigenvalue weighted by molar-refractivity contribution is 0.354. The van der Waals surface area contributed by atoms with Crippen LogP contribution in [0.2, 0.25) is 0 Å². The van der Waals surface area contributed by atoms with Crippen LogP contribution in [0, 0.1) is 17.8 Å². The molecule has 1 unspecified atom stereocenters. The highest BCUT2D eigenvalue weighted by Crippen LogP contribution is 2.28. The number of ether oxygens (including phenoxy) is 2. The van der Waals surface area contributed by atoms with Crippen molar-refractivity contribution in [3.63, 3.8) is 0 Å². The van der Waals surface area contributed by atoms with Crippen LogP contribution in [0.25, 0.3) is 0 Å². The van der Waals surface area contributed by atoms with E-state index in [-0.39, 0.29) is 0 Å². The Morgan fingerprint density at radius 1 is 1.18 bits per heavy atom. The quantitative estimate of drug-likeness (QED) is 0.742. The summed E-state index contributed by atoms with van der Waals surface area (Å²) in [6.07, 6.45) is 1.85. The second kappa shape index (κ2) is 6.85. The van der Waals surface area contributed by atoms with Gasteiger partial charge in [0.2, 0.25) is 0 Å². The average Bonchev–Trinajstić information content (AvgIpc) is 2.36. The molecule has 1 rings (SSSR count). The van der Waals surface area contributed by atoms with Crippen molar-refractivity contribution in [2.75, 3.05) is 14.2 Å². The van der Waals surface area contributed by atoms with Crippen molar-refractivity contribution >= 4 is 0 Å². The minimum absolute atomic E-state index is 0.369. The maximum Gasteiger partial charge on any atom is 0.160 e. The summed E-state index contributed by atoms with van der Waals surface area (Å²) in [5.41, 5.74) is 1.22. The molecule has 0 aliphatic heterocycles. The Labute approximate surface area is 104 Å². The van der Waals surface area contributed by atoms with Crippen LogP contribution in [-0.4, -0.2) is 14.2 Å². The molecule has 0 saturated heterocycles. The average molecular weight is 232 g/mol. The van der Waals surface area contributed by atoms with Crippen LogP contribution in [0.15, 0.2) is 18.2 Å². The summed E-state index contributed by atoms with van der Waals surface area (Å²) >= 11 is 0. The van der Waals surface area contributed by atoms with Crippen LogP contribution >= 0.6 is 0 Å². The van der Waals surface area contributed by atoms with Gasteiger partial charge in [0.05, 0.1) is 14.2 Å². The number of methoxy groups -OCH3 is 2. The third-order valence-corrected chi connectivity index (χ3v) is 2.52. The van der Waals surface area contributed by atoms with E-state index in [9.17, 15) is 0 Å². The van der Waals surface area contributed by atoms with Gasteiger partial charge in [0.25, 0.3) is 0 Å². The van der Waals surface area contributed by atoms with Gasteiger partial charge in [-0.3, -0.25) is 0 Å². The van der Waals surface area contributed by atoms with Crippen molar-refractivity contribution in [3.8, 4) is 23.3 Å². The fourth-order valence-corrected chi connectivity index (χ4v) is 1.69. The summed E-state index contributed by atoms with van der Waals surface area (Å²) in [5, 5.41) is 0. The molecule has 0 spiro atoms. The highest BCUT2D eigenvalue weighted by molar-refractivity contribution is 5.43. The van der Waals surface area contributed by atoms with Crippen molar-refractivity contribution in [3.05, 3.63) is 23.8 Å². The molecular formula is C15H20O2. The largest absolute Gasteiger partial charge is 0.493 e. The summed E-state index contributed by atoms with van der Waals surface area (Å²) in [5.74, 6) is 8.25. The summed E-state index contributed by atoms with van der Waals surface area (Å²) in [6, 6.07) is 6.02. The van der Waals surface area contributed by atoms with Crippen LogP contribution in [-0.2, 0) is 6.42 Å². The van der Waals surface area contributed by atoms with Gasteiger partial charge < -0.3 is 9.47 Å². The molecule has 0 aliphatic carbocycles. The number of rotatable bonds is 4. The molecule has 0 bridgehead atoms. The smallest absolute Gasteiger partial charge is 0.160 e. The lowest BCUT2D eigenvalue weighted by atomic mass is 10.0. The Morgan fingerprint density at radius 3 is 2.47 bits per heavy atom. The van der Waals surface area contributed by atoms with E-state index in [1.54, 1.807) is 14.2 Å². The zero-order valence-electron chi connectivity index (χ0n) is 11.0. The van der Waals surface area contributed by atoms with Crippen LogP contribution in [0.5, 0.6) is 11.5 Å². The van der Waals surface area contributed by atoms with Gasteiger partial charge in [0.1, 0.15) is 0 Å². The molecule has 1 atom stereocenters. The van der Waals surface area contributed by atoms with Crippen molar-refractivity contribution < 1.29 is 9.47 Å². The topological polar surface area (TPSA) is 18.5 Å². The number of benzene rings is 1. The first kappa shape index (κ1) is 13.4. The molecule has 0 saturated carbocycles. The fraction of sp³-hybridized carbons (Fsp3) is 0.467. The van der Waals surface area contributed by atoms with Gasteiger partial charge in [-0.15, -0.1) is 5.92 Å². The lowest BCUT2D eigenvalue weighted by Crippen LogP contribution is -1.98. The molecule has 0 heterocycles. The van der Waals surface area contributed by atoms with E-state index >= 15 is 0 Å². The Hall–Kier alpha value is -1.62. The third kappa shape index (κ3) is 4.03. The van der Waals surface area contributed by atoms with E-state index < -0.39 is 0 Å². The van der Waals surface area contributed by atoms with E-state index in [1.165, 1.54) is 5.56 Å². The van der Waals surface area contributed by atoms with Crippen LogP contribution in [0.4, 0.5) is 0 Å². The van der Waals surface area contributed by atoms with E-state index in [2.05, 4.69) is 31.8 Å². The van der Waals surface area contributed by atoms with Crippen molar-refractivity contribution in [1.82, 2.24) is 0 Å². The van der Waals surface area contributed by atoms with Crippen LogP contribution in [0.1, 0.15) is 25.8 Å². The van der Waals surface area contributed by atoms with Gasteiger partial charge in [-0.05, 0) is 24.1 Å². The molecule has 2 heteroatoms. The van der Waals surface area contributed by atoms with Gasteiger partial charge in [-0.1, -0.05) is 25.8 Å². The molecule has 17 heavy (non-hydrogen) atoms. The molecule has 0 aliphatic rings. The van der Waals surface area contributed by atoms with E-state index in [0.717, 1.165) is 24.3 Å². The minimum atomic E-state index is 0.369. The van der Waals surface area contributed by atoms with E-state index in [4.69, 9.17) is 9.47 Å². The normalized spacial score (nSPS) is 11.3. The van der Waals surface area contributed by atoms with Crippen molar-refractivity contribution in [2.45, 2.75) is 26.7 Å². The maximum absolute atomic E-state index is 5.28. The molecule has 0 N–H and O–H groups in total. The molecule has 0 aromatic heterocycles. The van der Waals surface area contributed by atoms with Crippen molar-refractivity contribution in [1.29, 1.82) is 0 Å². The SMILES string of the molecule is CCC#CC(C)Cc1ccc(OC)c(OC)c1. The predicted octanol–water partition coefficient (Wildman–Crippen LogP) is 3.30. The molecule has 1 aromatic carbocycles. The molecule has 2 nitrogen and oxygen atoms in total. The first-order valence-corrected chi connectivity index (χ1v) is 5.90. The molecule has 1 aromatic rings. The predicted molar refractivity (Wildman–Crippen MR) is 70.5 cm³/mol. The Balaban J connectivity index is 2.78. The molecule has 0 fully saturated rings. The van der Waals surface area contributed by atoms with Crippen LogP contribution < -0.4 is 9.47 Å². The first-order valence-electron chi connectivity index (χ1n) is 5.90. The third-order valence-electron chi connectivity index (χ3n) is 2.52. The number of hydrogen-bond acceptors (Lipinski definition) is 2. The minimum Gasteiger partial charge on any atom is -0.493 e. The van der Waals surface area contributed by atoms with Gasteiger partial charge in [-0.2, -0.15) is 0 Å². The van der Waals surface area contributed by atoms with Crippen LogP contribution in [0.3, 0.4) is 0 Å². The molecular weight excluding hydrogens is 212 g/mol. The summed E-state index contributed by atoms with van der Waals surface area (Å²) in [4.78, 5) is 0. The highest BCUT2D eigenvalue weighted by Gasteiger charge is 2.06. The molecule has 0 amide bonds. The van der Waals surface area contributed by atoms with Gasteiger partial charge in [0.15, 0.2) is 11.5 Å². The second-order valence-corrected chi connectivity index (χ2v) is 3.97.